The SMILES string of the molecule is CC[C@H](C)Nc1nc(Nc2cc(Cl)ccc2C)cc(-c2ccccc2)n1. The zero-order valence-corrected chi connectivity index (χ0v) is 16.0. The molecule has 0 aliphatic rings. The van der Waals surface area contributed by atoms with Gasteiger partial charge in [-0.2, -0.15) is 4.98 Å². The number of nitrogens with zero attached hydrogens (tertiary/aromatic N) is 2. The van der Waals surface area contributed by atoms with Crippen molar-refractivity contribution in [2.24, 2.45) is 0 Å². The zero-order valence-electron chi connectivity index (χ0n) is 15.3. The number of hydrogen-bond acceptors (Lipinski definition) is 4. The van der Waals surface area contributed by atoms with Gasteiger partial charge < -0.3 is 10.6 Å². The molecule has 5 heteroatoms. The summed E-state index contributed by atoms with van der Waals surface area (Å²) in [5, 5.41) is 7.43. The van der Waals surface area contributed by atoms with Gasteiger partial charge in [0, 0.05) is 28.4 Å². The minimum Gasteiger partial charge on any atom is -0.352 e. The second-order valence-corrected chi connectivity index (χ2v) is 6.80. The second-order valence-electron chi connectivity index (χ2n) is 6.37. The molecule has 2 N–H and O–H groups in total. The molecule has 0 aliphatic carbocycles. The Morgan fingerprint density at radius 3 is 2.54 bits per heavy atom. The first-order chi connectivity index (χ1) is 12.5. The average molecular weight is 367 g/mol. The van der Waals surface area contributed by atoms with Crippen LogP contribution in [0.3, 0.4) is 0 Å². The fourth-order valence-electron chi connectivity index (χ4n) is 2.52. The van der Waals surface area contributed by atoms with E-state index in [9.17, 15) is 0 Å². The summed E-state index contributed by atoms with van der Waals surface area (Å²) in [5.74, 6) is 1.35. The molecule has 2 aromatic carbocycles. The minimum atomic E-state index is 0.293. The third-order valence-electron chi connectivity index (χ3n) is 4.25. The Labute approximate surface area is 159 Å². The molecular formula is C21H23ClN4. The Kier molecular flexibility index (Phi) is 5.74. The monoisotopic (exact) mass is 366 g/mol. The van der Waals surface area contributed by atoms with Crippen molar-refractivity contribution in [2.75, 3.05) is 10.6 Å². The minimum absolute atomic E-state index is 0.293. The van der Waals surface area contributed by atoms with E-state index in [1.54, 1.807) is 0 Å². The third-order valence-corrected chi connectivity index (χ3v) is 4.48. The molecule has 4 nitrogen and oxygen atoms in total. The maximum absolute atomic E-state index is 6.14. The Bertz CT molecular complexity index is 880. The molecule has 0 unspecified atom stereocenters. The van der Waals surface area contributed by atoms with Gasteiger partial charge in [0.2, 0.25) is 5.95 Å². The van der Waals surface area contributed by atoms with Gasteiger partial charge in [-0.3, -0.25) is 0 Å². The summed E-state index contributed by atoms with van der Waals surface area (Å²) >= 11 is 6.14. The van der Waals surface area contributed by atoms with Crippen molar-refractivity contribution in [3.63, 3.8) is 0 Å². The molecule has 0 radical (unpaired) electrons. The van der Waals surface area contributed by atoms with Gasteiger partial charge in [-0.1, -0.05) is 54.9 Å². The summed E-state index contributed by atoms with van der Waals surface area (Å²) in [6.45, 7) is 6.29. The van der Waals surface area contributed by atoms with Crippen LogP contribution in [0.4, 0.5) is 17.5 Å². The zero-order chi connectivity index (χ0) is 18.5. The van der Waals surface area contributed by atoms with Gasteiger partial charge in [-0.25, -0.2) is 4.98 Å². The largest absolute Gasteiger partial charge is 0.352 e. The highest BCUT2D eigenvalue weighted by molar-refractivity contribution is 6.30. The number of anilines is 3. The molecule has 1 aromatic heterocycles. The predicted octanol–water partition coefficient (Wildman–Crippen LogP) is 6.06. The molecule has 26 heavy (non-hydrogen) atoms. The first kappa shape index (κ1) is 18.2. The van der Waals surface area contributed by atoms with Crippen LogP contribution in [-0.4, -0.2) is 16.0 Å². The Balaban J connectivity index is 2.00. The fraction of sp³-hybridized carbons (Fsp3) is 0.238. The van der Waals surface area contributed by atoms with Gasteiger partial charge in [-0.05, 0) is 38.0 Å². The lowest BCUT2D eigenvalue weighted by molar-refractivity contribution is 0.753. The quantitative estimate of drug-likeness (QED) is 0.556. The van der Waals surface area contributed by atoms with E-state index >= 15 is 0 Å². The molecule has 1 atom stereocenters. The summed E-state index contributed by atoms with van der Waals surface area (Å²) in [4.78, 5) is 9.32. The van der Waals surface area contributed by atoms with E-state index in [0.717, 1.165) is 34.7 Å². The van der Waals surface area contributed by atoms with E-state index in [1.165, 1.54) is 0 Å². The number of rotatable bonds is 6. The number of aromatic nitrogens is 2. The van der Waals surface area contributed by atoms with Crippen LogP contribution in [0.2, 0.25) is 5.02 Å². The van der Waals surface area contributed by atoms with Gasteiger partial charge in [0.05, 0.1) is 5.69 Å². The Morgan fingerprint density at radius 1 is 1.04 bits per heavy atom. The highest BCUT2D eigenvalue weighted by Gasteiger charge is 2.10. The van der Waals surface area contributed by atoms with Crippen molar-refractivity contribution in [3.05, 3.63) is 65.2 Å². The van der Waals surface area contributed by atoms with Crippen LogP contribution in [0.5, 0.6) is 0 Å². The highest BCUT2D eigenvalue weighted by atomic mass is 35.5. The standard InChI is InChI=1S/C21H23ClN4/c1-4-15(3)23-21-25-19(16-8-6-5-7-9-16)13-20(26-21)24-18-12-17(22)11-10-14(18)2/h5-13,15H,4H2,1-3H3,(H2,23,24,25,26)/t15-/m0/s1. The molecule has 3 rings (SSSR count). The number of aryl methyl sites for hydroxylation is 1. The summed E-state index contributed by atoms with van der Waals surface area (Å²) in [5.41, 5.74) is 3.96. The van der Waals surface area contributed by atoms with Crippen molar-refractivity contribution in [3.8, 4) is 11.3 Å². The van der Waals surface area contributed by atoms with Crippen molar-refractivity contribution >= 4 is 29.1 Å². The first-order valence-corrected chi connectivity index (χ1v) is 9.17. The molecule has 0 bridgehead atoms. The molecular weight excluding hydrogens is 344 g/mol. The number of halogens is 1. The number of hydrogen-bond donors (Lipinski definition) is 2. The van der Waals surface area contributed by atoms with E-state index in [0.29, 0.717) is 17.0 Å². The van der Waals surface area contributed by atoms with Crippen LogP contribution in [0.1, 0.15) is 25.8 Å². The Hall–Kier alpha value is -2.59. The van der Waals surface area contributed by atoms with Crippen LogP contribution in [0.25, 0.3) is 11.3 Å². The summed E-state index contributed by atoms with van der Waals surface area (Å²) in [6.07, 6.45) is 0.995. The molecule has 0 saturated carbocycles. The number of benzene rings is 2. The van der Waals surface area contributed by atoms with E-state index in [4.69, 9.17) is 11.6 Å². The van der Waals surface area contributed by atoms with Gasteiger partial charge in [-0.15, -0.1) is 0 Å². The first-order valence-electron chi connectivity index (χ1n) is 8.79. The normalized spacial score (nSPS) is 11.8. The molecule has 0 aliphatic heterocycles. The lowest BCUT2D eigenvalue weighted by Gasteiger charge is -2.15. The van der Waals surface area contributed by atoms with E-state index in [1.807, 2.05) is 61.5 Å². The summed E-state index contributed by atoms with van der Waals surface area (Å²) in [7, 11) is 0. The van der Waals surface area contributed by atoms with Crippen molar-refractivity contribution in [1.82, 2.24) is 9.97 Å². The fourth-order valence-corrected chi connectivity index (χ4v) is 2.69. The lowest BCUT2D eigenvalue weighted by atomic mass is 10.1. The molecule has 0 fully saturated rings. The summed E-state index contributed by atoms with van der Waals surface area (Å²) in [6, 6.07) is 18.1. The van der Waals surface area contributed by atoms with E-state index in [2.05, 4.69) is 34.4 Å². The maximum Gasteiger partial charge on any atom is 0.225 e. The highest BCUT2D eigenvalue weighted by Crippen LogP contribution is 2.27. The molecule has 1 heterocycles. The maximum atomic E-state index is 6.14. The molecule has 0 spiro atoms. The second kappa shape index (κ2) is 8.19. The predicted molar refractivity (Wildman–Crippen MR) is 110 cm³/mol. The molecule has 0 amide bonds. The van der Waals surface area contributed by atoms with Crippen LogP contribution in [0, 0.1) is 6.92 Å². The molecule has 0 saturated heterocycles. The van der Waals surface area contributed by atoms with Crippen LogP contribution >= 0.6 is 11.6 Å². The van der Waals surface area contributed by atoms with Gasteiger partial charge in [0.25, 0.3) is 0 Å². The van der Waals surface area contributed by atoms with Crippen LogP contribution < -0.4 is 10.6 Å². The van der Waals surface area contributed by atoms with Gasteiger partial charge in [0.15, 0.2) is 0 Å². The van der Waals surface area contributed by atoms with Gasteiger partial charge in [0.1, 0.15) is 5.82 Å². The van der Waals surface area contributed by atoms with E-state index in [-0.39, 0.29) is 0 Å². The molecule has 3 aromatic rings. The average Bonchev–Trinajstić information content (AvgIpc) is 2.65. The van der Waals surface area contributed by atoms with Gasteiger partial charge >= 0.3 is 0 Å². The van der Waals surface area contributed by atoms with Crippen molar-refractivity contribution < 1.29 is 0 Å². The smallest absolute Gasteiger partial charge is 0.225 e. The molecule has 134 valence electrons. The topological polar surface area (TPSA) is 49.8 Å². The van der Waals surface area contributed by atoms with E-state index < -0.39 is 0 Å². The van der Waals surface area contributed by atoms with Crippen LogP contribution in [-0.2, 0) is 0 Å². The Morgan fingerprint density at radius 2 is 1.81 bits per heavy atom. The van der Waals surface area contributed by atoms with Crippen LogP contribution in [0.15, 0.2) is 54.6 Å². The number of nitrogens with one attached hydrogen (secondary N) is 2. The third kappa shape index (κ3) is 4.52. The lowest BCUT2D eigenvalue weighted by Crippen LogP contribution is -2.16. The van der Waals surface area contributed by atoms with Crippen molar-refractivity contribution in [1.29, 1.82) is 0 Å². The van der Waals surface area contributed by atoms with Crippen molar-refractivity contribution in [2.45, 2.75) is 33.2 Å². The summed E-state index contributed by atoms with van der Waals surface area (Å²) < 4.78 is 0.